The summed E-state index contributed by atoms with van der Waals surface area (Å²) < 4.78 is 5.39. The van der Waals surface area contributed by atoms with Gasteiger partial charge in [0.15, 0.2) is 0 Å². The van der Waals surface area contributed by atoms with Crippen LogP contribution in [0.1, 0.15) is 25.7 Å². The quantitative estimate of drug-likeness (QED) is 0.830. The molecule has 0 bridgehead atoms. The highest BCUT2D eigenvalue weighted by Crippen LogP contribution is 2.22. The molecule has 2 heterocycles. The summed E-state index contributed by atoms with van der Waals surface area (Å²) in [6.45, 7) is 5.31. The number of nitrogens with zero attached hydrogens (tertiary/aromatic N) is 1. The minimum absolute atomic E-state index is 0. The molecule has 0 atom stereocenters. The Balaban J connectivity index is 0.00000112. The van der Waals surface area contributed by atoms with Crippen molar-refractivity contribution in [3.63, 3.8) is 0 Å². The van der Waals surface area contributed by atoms with Gasteiger partial charge in [0.1, 0.15) is 0 Å². The summed E-state index contributed by atoms with van der Waals surface area (Å²) in [5.41, 5.74) is 5.69. The molecule has 0 aromatic heterocycles. The maximum atomic E-state index is 5.69. The minimum atomic E-state index is 0. The van der Waals surface area contributed by atoms with Crippen LogP contribution in [0.3, 0.4) is 0 Å². The monoisotopic (exact) mass is 270 g/mol. The van der Waals surface area contributed by atoms with Gasteiger partial charge in [-0.3, -0.25) is 0 Å². The normalized spacial score (nSPS) is 24.6. The van der Waals surface area contributed by atoms with Gasteiger partial charge in [0.25, 0.3) is 0 Å². The molecule has 2 saturated heterocycles. The van der Waals surface area contributed by atoms with Crippen LogP contribution in [-0.2, 0) is 4.74 Å². The first kappa shape index (κ1) is 16.5. The number of nitrogens with two attached hydrogens (primary N) is 1. The predicted molar refractivity (Wildman–Crippen MR) is 71.7 cm³/mol. The Hall–Kier alpha value is 0.460. The van der Waals surface area contributed by atoms with Crippen LogP contribution in [0, 0.1) is 5.92 Å². The average molecular weight is 271 g/mol. The number of piperidine rings is 1. The Labute approximate surface area is 111 Å². The van der Waals surface area contributed by atoms with Crippen LogP contribution in [0.15, 0.2) is 0 Å². The molecule has 0 aromatic rings. The summed E-state index contributed by atoms with van der Waals surface area (Å²) in [7, 11) is 0. The second-order valence-electron chi connectivity index (χ2n) is 4.56. The van der Waals surface area contributed by atoms with Crippen molar-refractivity contribution < 1.29 is 4.74 Å². The predicted octanol–water partition coefficient (Wildman–Crippen LogP) is 1.68. The van der Waals surface area contributed by atoms with Crippen LogP contribution in [0.5, 0.6) is 0 Å². The molecule has 0 aromatic carbocycles. The molecule has 0 amide bonds. The molecule has 0 spiro atoms. The highest BCUT2D eigenvalue weighted by atomic mass is 35.5. The molecule has 2 aliphatic heterocycles. The number of likely N-dealkylation sites (tertiary alicyclic amines) is 1. The topological polar surface area (TPSA) is 38.5 Å². The Kier molecular flexibility index (Phi) is 8.78. The third-order valence-electron chi connectivity index (χ3n) is 3.69. The van der Waals surface area contributed by atoms with Crippen molar-refractivity contribution in [3.8, 4) is 0 Å². The van der Waals surface area contributed by atoms with Crippen molar-refractivity contribution in [1.82, 2.24) is 4.90 Å². The number of hydrogen-bond donors (Lipinski definition) is 1. The van der Waals surface area contributed by atoms with Crippen LogP contribution < -0.4 is 5.73 Å². The summed E-state index contributed by atoms with van der Waals surface area (Å²) >= 11 is 0. The van der Waals surface area contributed by atoms with Crippen molar-refractivity contribution in [2.75, 3.05) is 32.8 Å². The summed E-state index contributed by atoms with van der Waals surface area (Å²) in [6.07, 6.45) is 5.06. The summed E-state index contributed by atoms with van der Waals surface area (Å²) in [5, 5.41) is 0. The highest BCUT2D eigenvalue weighted by Gasteiger charge is 2.25. The van der Waals surface area contributed by atoms with E-state index < -0.39 is 0 Å². The lowest BCUT2D eigenvalue weighted by Crippen LogP contribution is -2.45. The molecular weight excluding hydrogens is 247 g/mol. The van der Waals surface area contributed by atoms with Gasteiger partial charge in [0.05, 0.1) is 0 Å². The van der Waals surface area contributed by atoms with E-state index in [4.69, 9.17) is 10.5 Å². The molecule has 0 unspecified atom stereocenters. The molecule has 0 radical (unpaired) electrons. The lowest BCUT2D eigenvalue weighted by Gasteiger charge is -2.38. The third kappa shape index (κ3) is 4.38. The first-order valence-electron chi connectivity index (χ1n) is 5.92. The summed E-state index contributed by atoms with van der Waals surface area (Å²) in [5.74, 6) is 0.783. The first-order chi connectivity index (χ1) is 6.90. The highest BCUT2D eigenvalue weighted by molar-refractivity contribution is 5.85. The lowest BCUT2D eigenvalue weighted by atomic mass is 9.94. The Morgan fingerprint density at radius 1 is 1.00 bits per heavy atom. The van der Waals surface area contributed by atoms with Gasteiger partial charge in [-0.2, -0.15) is 0 Å². The molecule has 16 heavy (non-hydrogen) atoms. The largest absolute Gasteiger partial charge is 0.381 e. The molecule has 3 nitrogen and oxygen atoms in total. The second-order valence-corrected chi connectivity index (χ2v) is 4.56. The molecule has 98 valence electrons. The summed E-state index contributed by atoms with van der Waals surface area (Å²) in [6, 6.07) is 0.794. The van der Waals surface area contributed by atoms with Crippen LogP contribution in [0.25, 0.3) is 0 Å². The van der Waals surface area contributed by atoms with E-state index in [2.05, 4.69) is 4.90 Å². The van der Waals surface area contributed by atoms with Gasteiger partial charge < -0.3 is 15.4 Å². The van der Waals surface area contributed by atoms with Crippen molar-refractivity contribution in [1.29, 1.82) is 0 Å². The van der Waals surface area contributed by atoms with Gasteiger partial charge >= 0.3 is 0 Å². The van der Waals surface area contributed by atoms with E-state index in [-0.39, 0.29) is 24.8 Å². The van der Waals surface area contributed by atoms with Crippen molar-refractivity contribution in [3.05, 3.63) is 0 Å². The molecular formula is C11H24Cl2N2O. The molecule has 2 N–H and O–H groups in total. The fourth-order valence-electron chi connectivity index (χ4n) is 2.60. The zero-order chi connectivity index (χ0) is 9.80. The average Bonchev–Trinajstić information content (AvgIpc) is 2.30. The minimum Gasteiger partial charge on any atom is -0.381 e. The maximum Gasteiger partial charge on any atom is 0.0480 e. The molecule has 0 saturated carbocycles. The van der Waals surface area contributed by atoms with Gasteiger partial charge in [0.2, 0.25) is 0 Å². The van der Waals surface area contributed by atoms with E-state index in [9.17, 15) is 0 Å². The van der Waals surface area contributed by atoms with Crippen molar-refractivity contribution in [2.24, 2.45) is 11.7 Å². The van der Waals surface area contributed by atoms with Gasteiger partial charge in [-0.1, -0.05) is 0 Å². The zero-order valence-electron chi connectivity index (χ0n) is 9.77. The molecule has 0 aliphatic carbocycles. The smallest absolute Gasteiger partial charge is 0.0480 e. The summed E-state index contributed by atoms with van der Waals surface area (Å²) in [4.78, 5) is 2.65. The Morgan fingerprint density at radius 3 is 2.06 bits per heavy atom. The number of rotatable bonds is 2. The SMILES string of the molecule is Cl.Cl.NCC1CCN(C2CCOCC2)CC1. The van der Waals surface area contributed by atoms with Crippen LogP contribution in [-0.4, -0.2) is 43.8 Å². The molecule has 2 fully saturated rings. The second kappa shape index (κ2) is 8.54. The number of halogens is 2. The molecule has 2 aliphatic rings. The van der Waals surface area contributed by atoms with Gasteiger partial charge in [-0.15, -0.1) is 24.8 Å². The Morgan fingerprint density at radius 2 is 1.56 bits per heavy atom. The fraction of sp³-hybridized carbons (Fsp3) is 1.00. The fourth-order valence-corrected chi connectivity index (χ4v) is 2.60. The van der Waals surface area contributed by atoms with Crippen LogP contribution in [0.4, 0.5) is 0 Å². The van der Waals surface area contributed by atoms with Gasteiger partial charge in [0, 0.05) is 19.3 Å². The van der Waals surface area contributed by atoms with Crippen molar-refractivity contribution in [2.45, 2.75) is 31.7 Å². The molecule has 2 rings (SSSR count). The number of ether oxygens (including phenoxy) is 1. The molecule has 5 heteroatoms. The Bertz CT molecular complexity index is 169. The van der Waals surface area contributed by atoms with E-state index >= 15 is 0 Å². The van der Waals surface area contributed by atoms with Crippen LogP contribution in [0.2, 0.25) is 0 Å². The first-order valence-corrected chi connectivity index (χ1v) is 5.92. The van der Waals surface area contributed by atoms with Crippen molar-refractivity contribution >= 4 is 24.8 Å². The zero-order valence-corrected chi connectivity index (χ0v) is 11.4. The van der Waals surface area contributed by atoms with E-state index in [1.54, 1.807) is 0 Å². The number of hydrogen-bond acceptors (Lipinski definition) is 3. The van der Waals surface area contributed by atoms with E-state index in [1.165, 1.54) is 38.8 Å². The third-order valence-corrected chi connectivity index (χ3v) is 3.69. The van der Waals surface area contributed by atoms with E-state index in [0.29, 0.717) is 0 Å². The van der Waals surface area contributed by atoms with E-state index in [0.717, 1.165) is 31.7 Å². The van der Waals surface area contributed by atoms with Gasteiger partial charge in [-0.05, 0) is 51.2 Å². The standard InChI is InChI=1S/C11H22N2O.2ClH/c12-9-10-1-5-13(6-2-10)11-3-7-14-8-4-11;;/h10-11H,1-9,12H2;2*1H. The maximum absolute atomic E-state index is 5.69. The van der Waals surface area contributed by atoms with Gasteiger partial charge in [-0.25, -0.2) is 0 Å². The van der Waals surface area contributed by atoms with Crippen LogP contribution >= 0.6 is 24.8 Å². The lowest BCUT2D eigenvalue weighted by molar-refractivity contribution is 0.0216. The van der Waals surface area contributed by atoms with E-state index in [1.807, 2.05) is 0 Å².